The van der Waals surface area contributed by atoms with Crippen LogP contribution in [0.15, 0.2) is 0 Å². The lowest BCUT2D eigenvalue weighted by Gasteiger charge is -2.35. The van der Waals surface area contributed by atoms with Crippen molar-refractivity contribution in [2.75, 3.05) is 0 Å². The smallest absolute Gasteiger partial charge is 0.453 e. The molecule has 1 saturated carbocycles. The first-order valence-electron chi connectivity index (χ1n) is 6.31. The van der Waals surface area contributed by atoms with Gasteiger partial charge in [-0.2, -0.15) is 13.2 Å². The zero-order valence-electron chi connectivity index (χ0n) is 10.9. The Morgan fingerprint density at radius 2 is 2.05 bits per heavy atom. The fourth-order valence-electron chi connectivity index (χ4n) is 2.56. The minimum atomic E-state index is -4.69. The van der Waals surface area contributed by atoms with E-state index < -0.39 is 23.4 Å². The van der Waals surface area contributed by atoms with Crippen LogP contribution in [0.5, 0.6) is 0 Å². The highest BCUT2D eigenvalue weighted by molar-refractivity contribution is 5.74. The van der Waals surface area contributed by atoms with Gasteiger partial charge in [0.15, 0.2) is 0 Å². The molecule has 0 aliphatic heterocycles. The Hall–Kier alpha value is -1.67. The van der Waals surface area contributed by atoms with Crippen molar-refractivity contribution in [3.8, 4) is 0 Å². The number of rotatable bonds is 3. The summed E-state index contributed by atoms with van der Waals surface area (Å²) < 4.78 is 38.7. The molecule has 0 aromatic carbocycles. The molecule has 1 heterocycles. The highest BCUT2D eigenvalue weighted by Gasteiger charge is 2.45. The van der Waals surface area contributed by atoms with Gasteiger partial charge in [-0.15, -0.1) is 5.10 Å². The van der Waals surface area contributed by atoms with Crippen molar-refractivity contribution in [2.24, 2.45) is 11.3 Å². The summed E-state index contributed by atoms with van der Waals surface area (Å²) >= 11 is 0. The molecule has 0 spiro atoms. The van der Waals surface area contributed by atoms with Crippen molar-refractivity contribution in [2.45, 2.75) is 45.3 Å². The fraction of sp³-hybridized carbons (Fsp3) is 0.818. The van der Waals surface area contributed by atoms with Crippen LogP contribution in [0.2, 0.25) is 0 Å². The van der Waals surface area contributed by atoms with Crippen LogP contribution in [-0.4, -0.2) is 31.3 Å². The molecule has 1 fully saturated rings. The largest absolute Gasteiger partial charge is 0.481 e. The Morgan fingerprint density at radius 1 is 1.45 bits per heavy atom. The molecule has 1 aliphatic carbocycles. The molecule has 0 atom stereocenters. The summed E-state index contributed by atoms with van der Waals surface area (Å²) in [6, 6.07) is 0. The Labute approximate surface area is 113 Å². The second kappa shape index (κ2) is 5.02. The predicted octanol–water partition coefficient (Wildman–Crippen LogP) is 1.97. The van der Waals surface area contributed by atoms with E-state index in [1.54, 1.807) is 0 Å². The minimum Gasteiger partial charge on any atom is -0.481 e. The van der Waals surface area contributed by atoms with Crippen LogP contribution in [0.1, 0.15) is 38.4 Å². The molecule has 0 radical (unpaired) electrons. The van der Waals surface area contributed by atoms with Crippen LogP contribution in [0.3, 0.4) is 0 Å². The number of carboxylic acid groups (broad SMARTS) is 1. The van der Waals surface area contributed by atoms with Crippen LogP contribution in [0, 0.1) is 11.3 Å². The molecule has 1 aliphatic rings. The number of aliphatic carboxylic acids is 1. The number of halogens is 3. The van der Waals surface area contributed by atoms with Gasteiger partial charge in [-0.05, 0) is 42.0 Å². The van der Waals surface area contributed by atoms with E-state index >= 15 is 0 Å². The van der Waals surface area contributed by atoms with Crippen molar-refractivity contribution >= 4 is 5.97 Å². The lowest BCUT2D eigenvalue weighted by Crippen LogP contribution is -2.40. The quantitative estimate of drug-likeness (QED) is 0.921. The monoisotopic (exact) mass is 292 g/mol. The van der Waals surface area contributed by atoms with E-state index in [4.69, 9.17) is 0 Å². The van der Waals surface area contributed by atoms with Crippen LogP contribution < -0.4 is 0 Å². The zero-order valence-corrected chi connectivity index (χ0v) is 10.9. The van der Waals surface area contributed by atoms with Crippen molar-refractivity contribution in [1.29, 1.82) is 0 Å². The number of hydrogen-bond donors (Lipinski definition) is 1. The Morgan fingerprint density at radius 3 is 2.55 bits per heavy atom. The second-order valence-electron chi connectivity index (χ2n) is 5.43. The molecule has 6 nitrogen and oxygen atoms in total. The van der Waals surface area contributed by atoms with Gasteiger partial charge in [0.05, 0.1) is 12.0 Å². The van der Waals surface area contributed by atoms with E-state index in [1.165, 1.54) is 0 Å². The number of aromatic nitrogens is 4. The predicted molar refractivity (Wildman–Crippen MR) is 60.5 cm³/mol. The van der Waals surface area contributed by atoms with Gasteiger partial charge in [-0.1, -0.05) is 6.92 Å². The number of tetrazole rings is 1. The van der Waals surface area contributed by atoms with Crippen molar-refractivity contribution < 1.29 is 23.1 Å². The zero-order chi connectivity index (χ0) is 15.0. The summed E-state index contributed by atoms with van der Waals surface area (Å²) in [6.45, 7) is 1.65. The second-order valence-corrected chi connectivity index (χ2v) is 5.43. The molecule has 0 bridgehead atoms. The van der Waals surface area contributed by atoms with Gasteiger partial charge in [-0.25, -0.2) is 4.68 Å². The standard InChI is InChI=1S/C11H15F3N4O2/c1-7-2-4-10(5-3-7,9(19)20)6-18-8(11(12,13)14)15-16-17-18/h7H,2-6H2,1H3,(H,19,20). The van der Waals surface area contributed by atoms with E-state index in [0.29, 0.717) is 36.3 Å². The van der Waals surface area contributed by atoms with E-state index in [9.17, 15) is 23.1 Å². The topological polar surface area (TPSA) is 80.9 Å². The molecular weight excluding hydrogens is 277 g/mol. The lowest BCUT2D eigenvalue weighted by atomic mass is 9.71. The molecule has 1 N–H and O–H groups in total. The molecule has 0 unspecified atom stereocenters. The normalized spacial score (nSPS) is 27.5. The maximum Gasteiger partial charge on any atom is 0.453 e. The van der Waals surface area contributed by atoms with Gasteiger partial charge in [0, 0.05) is 0 Å². The molecule has 0 saturated heterocycles. The van der Waals surface area contributed by atoms with E-state index in [0.717, 1.165) is 0 Å². The summed E-state index contributed by atoms with van der Waals surface area (Å²) in [5, 5.41) is 18.7. The van der Waals surface area contributed by atoms with Crippen molar-refractivity contribution in [1.82, 2.24) is 20.2 Å². The summed E-state index contributed by atoms with van der Waals surface area (Å²) in [7, 11) is 0. The Kier molecular flexibility index (Phi) is 3.70. The first-order chi connectivity index (χ1) is 9.24. The maximum absolute atomic E-state index is 12.7. The molecular formula is C11H15F3N4O2. The maximum atomic E-state index is 12.7. The first-order valence-corrected chi connectivity index (χ1v) is 6.31. The first kappa shape index (κ1) is 14.7. The van der Waals surface area contributed by atoms with Crippen LogP contribution in [-0.2, 0) is 17.5 Å². The Bertz CT molecular complexity index is 492. The average Bonchev–Trinajstić information content (AvgIpc) is 2.80. The summed E-state index contributed by atoms with van der Waals surface area (Å²) in [5.74, 6) is -1.96. The molecule has 1 aromatic rings. The summed E-state index contributed by atoms with van der Waals surface area (Å²) in [5.41, 5.74) is -1.22. The lowest BCUT2D eigenvalue weighted by molar-refractivity contribution is -0.157. The Balaban J connectivity index is 2.26. The molecule has 112 valence electrons. The molecule has 2 rings (SSSR count). The third kappa shape index (κ3) is 2.75. The number of carbonyl (C=O) groups is 1. The highest BCUT2D eigenvalue weighted by atomic mass is 19.4. The number of carboxylic acids is 1. The van der Waals surface area contributed by atoms with Gasteiger partial charge in [0.1, 0.15) is 0 Å². The van der Waals surface area contributed by atoms with E-state index in [1.807, 2.05) is 6.92 Å². The van der Waals surface area contributed by atoms with Crippen molar-refractivity contribution in [3.63, 3.8) is 0 Å². The SMILES string of the molecule is CC1CCC(Cn2nnnc2C(F)(F)F)(C(=O)O)CC1. The van der Waals surface area contributed by atoms with E-state index in [-0.39, 0.29) is 6.54 Å². The van der Waals surface area contributed by atoms with Gasteiger partial charge in [0.2, 0.25) is 0 Å². The van der Waals surface area contributed by atoms with E-state index in [2.05, 4.69) is 15.5 Å². The van der Waals surface area contributed by atoms with Gasteiger partial charge in [0.25, 0.3) is 5.82 Å². The van der Waals surface area contributed by atoms with Gasteiger partial charge in [-0.3, -0.25) is 4.79 Å². The molecule has 0 amide bonds. The molecule has 9 heteroatoms. The third-order valence-corrected chi connectivity index (χ3v) is 3.92. The fourth-order valence-corrected chi connectivity index (χ4v) is 2.56. The molecule has 1 aromatic heterocycles. The van der Waals surface area contributed by atoms with Crippen LogP contribution in [0.25, 0.3) is 0 Å². The number of nitrogens with zero attached hydrogens (tertiary/aromatic N) is 4. The molecule has 20 heavy (non-hydrogen) atoms. The number of hydrogen-bond acceptors (Lipinski definition) is 4. The van der Waals surface area contributed by atoms with Gasteiger partial charge < -0.3 is 5.11 Å². The third-order valence-electron chi connectivity index (χ3n) is 3.92. The van der Waals surface area contributed by atoms with Crippen LogP contribution in [0.4, 0.5) is 13.2 Å². The van der Waals surface area contributed by atoms with Crippen LogP contribution >= 0.6 is 0 Å². The van der Waals surface area contributed by atoms with Gasteiger partial charge >= 0.3 is 12.1 Å². The van der Waals surface area contributed by atoms with Crippen molar-refractivity contribution in [3.05, 3.63) is 5.82 Å². The minimum absolute atomic E-state index is 0.334. The summed E-state index contributed by atoms with van der Waals surface area (Å²) in [6.07, 6.45) is -2.67. The highest BCUT2D eigenvalue weighted by Crippen LogP contribution is 2.41. The summed E-state index contributed by atoms with van der Waals surface area (Å²) in [4.78, 5) is 11.5. The average molecular weight is 292 g/mol. The number of alkyl halides is 3.